The fourth-order valence-corrected chi connectivity index (χ4v) is 2.70. The second-order valence-corrected chi connectivity index (χ2v) is 5.86. The minimum Gasteiger partial charge on any atom is -0.379 e. The van der Waals surface area contributed by atoms with Crippen molar-refractivity contribution in [1.82, 2.24) is 5.32 Å². The number of rotatable bonds is 4. The summed E-state index contributed by atoms with van der Waals surface area (Å²) >= 11 is 0. The maximum Gasteiger partial charge on any atom is 0.267 e. The van der Waals surface area contributed by atoms with Gasteiger partial charge in [0.1, 0.15) is 5.82 Å². The molecule has 0 radical (unpaired) electrons. The Hall–Kier alpha value is -1.95. The first kappa shape index (κ1) is 15.0. The van der Waals surface area contributed by atoms with Gasteiger partial charge in [-0.2, -0.15) is 0 Å². The topological polar surface area (TPSA) is 59.9 Å². The molecule has 2 heterocycles. The van der Waals surface area contributed by atoms with E-state index in [2.05, 4.69) is 10.5 Å². The molecular formula is C16H19FN2O3. The van der Waals surface area contributed by atoms with Crippen LogP contribution in [-0.2, 0) is 14.4 Å². The average Bonchev–Trinajstić information content (AvgIpc) is 3.16. The van der Waals surface area contributed by atoms with E-state index in [-0.39, 0.29) is 24.2 Å². The highest BCUT2D eigenvalue weighted by atomic mass is 19.1. The molecule has 1 amide bonds. The molecule has 0 aromatic heterocycles. The Labute approximate surface area is 128 Å². The molecule has 6 heteroatoms. The van der Waals surface area contributed by atoms with Crippen LogP contribution in [0.4, 0.5) is 4.39 Å². The zero-order chi connectivity index (χ0) is 15.6. The molecule has 2 atom stereocenters. The number of carbonyl (C=O) groups is 1. The van der Waals surface area contributed by atoms with Crippen molar-refractivity contribution in [2.75, 3.05) is 13.2 Å². The van der Waals surface area contributed by atoms with E-state index in [0.29, 0.717) is 17.8 Å². The van der Waals surface area contributed by atoms with E-state index in [1.54, 1.807) is 25.1 Å². The molecule has 5 nitrogen and oxygen atoms in total. The summed E-state index contributed by atoms with van der Waals surface area (Å²) < 4.78 is 19.3. The van der Waals surface area contributed by atoms with Crippen LogP contribution in [0.2, 0.25) is 0 Å². The normalized spacial score (nSPS) is 27.4. The van der Waals surface area contributed by atoms with E-state index in [1.807, 2.05) is 0 Å². The summed E-state index contributed by atoms with van der Waals surface area (Å²) in [4.78, 5) is 17.6. The highest BCUT2D eigenvalue weighted by Gasteiger charge is 2.42. The molecule has 1 aromatic carbocycles. The number of nitrogens with zero attached hydrogens (tertiary/aromatic N) is 1. The van der Waals surface area contributed by atoms with Gasteiger partial charge in [-0.25, -0.2) is 4.39 Å². The zero-order valence-corrected chi connectivity index (χ0v) is 12.5. The lowest BCUT2D eigenvalue weighted by Gasteiger charge is -2.21. The SMILES string of the molecule is C[C@@]1(C(=O)NC[C@@H]2CCCO2)CC(c2ccccc2F)=NO1. The van der Waals surface area contributed by atoms with Gasteiger partial charge < -0.3 is 14.9 Å². The van der Waals surface area contributed by atoms with Gasteiger partial charge in [-0.05, 0) is 25.8 Å². The van der Waals surface area contributed by atoms with Gasteiger partial charge in [0, 0.05) is 25.1 Å². The Morgan fingerprint density at radius 1 is 1.50 bits per heavy atom. The van der Waals surface area contributed by atoms with E-state index in [4.69, 9.17) is 9.57 Å². The van der Waals surface area contributed by atoms with Crippen molar-refractivity contribution in [1.29, 1.82) is 0 Å². The van der Waals surface area contributed by atoms with Crippen molar-refractivity contribution in [3.8, 4) is 0 Å². The molecule has 1 fully saturated rings. The summed E-state index contributed by atoms with van der Waals surface area (Å²) in [6.45, 7) is 2.87. The number of nitrogens with one attached hydrogen (secondary N) is 1. The predicted octanol–water partition coefficient (Wildman–Crippen LogP) is 2.00. The van der Waals surface area contributed by atoms with Crippen LogP contribution in [0.5, 0.6) is 0 Å². The second kappa shape index (κ2) is 6.04. The Kier molecular flexibility index (Phi) is 4.11. The quantitative estimate of drug-likeness (QED) is 0.925. The molecule has 1 saturated heterocycles. The third-order valence-electron chi connectivity index (χ3n) is 4.04. The lowest BCUT2D eigenvalue weighted by atomic mass is 9.95. The lowest BCUT2D eigenvalue weighted by molar-refractivity contribution is -0.142. The first-order valence-corrected chi connectivity index (χ1v) is 7.48. The Morgan fingerprint density at radius 3 is 3.05 bits per heavy atom. The molecule has 1 aromatic rings. The lowest BCUT2D eigenvalue weighted by Crippen LogP contribution is -2.46. The third-order valence-corrected chi connectivity index (χ3v) is 4.04. The van der Waals surface area contributed by atoms with Crippen LogP contribution >= 0.6 is 0 Å². The van der Waals surface area contributed by atoms with Crippen molar-refractivity contribution in [2.45, 2.75) is 37.9 Å². The van der Waals surface area contributed by atoms with Gasteiger partial charge in [0.05, 0.1) is 11.8 Å². The number of hydrogen-bond acceptors (Lipinski definition) is 4. The number of halogens is 1. The number of benzene rings is 1. The van der Waals surface area contributed by atoms with Crippen molar-refractivity contribution >= 4 is 11.6 Å². The molecule has 2 aliphatic heterocycles. The van der Waals surface area contributed by atoms with Gasteiger partial charge in [-0.15, -0.1) is 0 Å². The number of ether oxygens (including phenoxy) is 1. The van der Waals surface area contributed by atoms with Gasteiger partial charge in [0.15, 0.2) is 0 Å². The molecule has 2 aliphatic rings. The number of amides is 1. The highest BCUT2D eigenvalue weighted by molar-refractivity contribution is 6.05. The molecule has 0 spiro atoms. The van der Waals surface area contributed by atoms with Crippen LogP contribution in [0.15, 0.2) is 29.4 Å². The maximum absolute atomic E-state index is 13.8. The van der Waals surface area contributed by atoms with E-state index >= 15 is 0 Å². The van der Waals surface area contributed by atoms with Crippen LogP contribution in [0.3, 0.4) is 0 Å². The van der Waals surface area contributed by atoms with E-state index in [0.717, 1.165) is 19.4 Å². The molecule has 0 saturated carbocycles. The van der Waals surface area contributed by atoms with Crippen molar-refractivity contribution in [3.63, 3.8) is 0 Å². The van der Waals surface area contributed by atoms with Crippen molar-refractivity contribution in [3.05, 3.63) is 35.6 Å². The molecule has 118 valence electrons. The Morgan fingerprint density at radius 2 is 2.32 bits per heavy atom. The number of hydrogen-bond donors (Lipinski definition) is 1. The smallest absolute Gasteiger partial charge is 0.267 e. The molecule has 22 heavy (non-hydrogen) atoms. The largest absolute Gasteiger partial charge is 0.379 e. The third kappa shape index (κ3) is 2.97. The minimum absolute atomic E-state index is 0.0703. The van der Waals surface area contributed by atoms with Gasteiger partial charge >= 0.3 is 0 Å². The molecule has 3 rings (SSSR count). The summed E-state index contributed by atoms with van der Waals surface area (Å²) in [5.74, 6) is -0.619. The summed E-state index contributed by atoms with van der Waals surface area (Å²) in [6.07, 6.45) is 2.29. The van der Waals surface area contributed by atoms with Crippen LogP contribution in [-0.4, -0.2) is 36.5 Å². The summed E-state index contributed by atoms with van der Waals surface area (Å²) in [5, 5.41) is 6.74. The Balaban J connectivity index is 1.61. The van der Waals surface area contributed by atoms with Gasteiger partial charge in [0.25, 0.3) is 5.91 Å². The zero-order valence-electron chi connectivity index (χ0n) is 12.5. The van der Waals surface area contributed by atoms with Gasteiger partial charge in [-0.1, -0.05) is 23.4 Å². The summed E-state index contributed by atoms with van der Waals surface area (Å²) in [6, 6.07) is 6.34. The fraction of sp³-hybridized carbons (Fsp3) is 0.500. The van der Waals surface area contributed by atoms with E-state index < -0.39 is 5.60 Å². The number of oxime groups is 1. The second-order valence-electron chi connectivity index (χ2n) is 5.86. The van der Waals surface area contributed by atoms with E-state index in [1.165, 1.54) is 6.07 Å². The first-order chi connectivity index (χ1) is 10.6. The van der Waals surface area contributed by atoms with Gasteiger partial charge in [-0.3, -0.25) is 4.79 Å². The fourth-order valence-electron chi connectivity index (χ4n) is 2.70. The predicted molar refractivity (Wildman–Crippen MR) is 79.0 cm³/mol. The van der Waals surface area contributed by atoms with Crippen LogP contribution in [0.1, 0.15) is 31.7 Å². The molecule has 0 bridgehead atoms. The molecule has 0 unspecified atom stereocenters. The van der Waals surface area contributed by atoms with Crippen LogP contribution < -0.4 is 5.32 Å². The molecule has 0 aliphatic carbocycles. The monoisotopic (exact) mass is 306 g/mol. The minimum atomic E-state index is -1.10. The van der Waals surface area contributed by atoms with Crippen LogP contribution in [0.25, 0.3) is 0 Å². The highest BCUT2D eigenvalue weighted by Crippen LogP contribution is 2.27. The van der Waals surface area contributed by atoms with Crippen molar-refractivity contribution in [2.24, 2.45) is 5.16 Å². The molecular weight excluding hydrogens is 287 g/mol. The first-order valence-electron chi connectivity index (χ1n) is 7.48. The van der Waals surface area contributed by atoms with Crippen LogP contribution in [0, 0.1) is 5.82 Å². The maximum atomic E-state index is 13.8. The number of carbonyl (C=O) groups excluding carboxylic acids is 1. The van der Waals surface area contributed by atoms with Gasteiger partial charge in [0.2, 0.25) is 5.60 Å². The summed E-state index contributed by atoms with van der Waals surface area (Å²) in [7, 11) is 0. The standard InChI is InChI=1S/C16H19FN2O3/c1-16(15(20)18-10-11-5-4-8-21-11)9-14(19-22-16)12-6-2-3-7-13(12)17/h2-3,6-7,11H,4-5,8-10H2,1H3,(H,18,20)/t11-,16-/m0/s1. The molecule has 1 N–H and O–H groups in total. The Bertz CT molecular complexity index is 599. The van der Waals surface area contributed by atoms with Crippen molar-refractivity contribution < 1.29 is 18.8 Å². The summed E-state index contributed by atoms with van der Waals surface area (Å²) in [5.41, 5.74) is -0.276. The van der Waals surface area contributed by atoms with E-state index in [9.17, 15) is 9.18 Å². The average molecular weight is 306 g/mol.